The number of benzene rings is 2. The number of piperazine rings is 1. The van der Waals surface area contributed by atoms with Gasteiger partial charge in [-0.05, 0) is 29.8 Å². The van der Waals surface area contributed by atoms with Crippen LogP contribution in [-0.4, -0.2) is 58.5 Å². The summed E-state index contributed by atoms with van der Waals surface area (Å²) in [6, 6.07) is 16.6. The quantitative estimate of drug-likeness (QED) is 0.585. The zero-order chi connectivity index (χ0) is 21.6. The first kappa shape index (κ1) is 21.5. The highest BCUT2D eigenvalue weighted by Gasteiger charge is 2.22. The summed E-state index contributed by atoms with van der Waals surface area (Å²) >= 11 is 5.86. The van der Waals surface area contributed by atoms with Gasteiger partial charge in [0.15, 0.2) is 5.69 Å². The van der Waals surface area contributed by atoms with Gasteiger partial charge in [0, 0.05) is 43.4 Å². The first-order valence-electron chi connectivity index (χ1n) is 10.3. The Morgan fingerprint density at radius 3 is 2.45 bits per heavy atom. The Kier molecular flexibility index (Phi) is 6.99. The fourth-order valence-corrected chi connectivity index (χ4v) is 3.69. The summed E-state index contributed by atoms with van der Waals surface area (Å²) in [6.07, 6.45) is 0.897. The minimum atomic E-state index is -0.485. The number of nitrogens with zero attached hydrogens (tertiary/aromatic N) is 3. The molecule has 2 N–H and O–H groups in total. The molecule has 1 fully saturated rings. The van der Waals surface area contributed by atoms with Crippen molar-refractivity contribution in [2.24, 2.45) is 0 Å². The lowest BCUT2D eigenvalue weighted by molar-refractivity contribution is 0.0671. The fourth-order valence-electron chi connectivity index (χ4n) is 3.56. The van der Waals surface area contributed by atoms with Crippen molar-refractivity contribution in [3.8, 4) is 0 Å². The molecule has 1 aromatic heterocycles. The van der Waals surface area contributed by atoms with Crippen molar-refractivity contribution in [3.63, 3.8) is 0 Å². The lowest BCUT2D eigenvalue weighted by Gasteiger charge is -2.35. The van der Waals surface area contributed by atoms with Gasteiger partial charge >= 0.3 is 0 Å². The van der Waals surface area contributed by atoms with E-state index in [-0.39, 0.29) is 11.6 Å². The van der Waals surface area contributed by atoms with Gasteiger partial charge in [-0.15, -0.1) is 0 Å². The molecule has 1 amide bonds. The van der Waals surface area contributed by atoms with E-state index in [4.69, 9.17) is 16.0 Å². The maximum atomic E-state index is 12.4. The Morgan fingerprint density at radius 2 is 1.74 bits per heavy atom. The van der Waals surface area contributed by atoms with Crippen LogP contribution < -0.4 is 5.32 Å². The average Bonchev–Trinajstić information content (AvgIpc) is 3.26. The third kappa shape index (κ3) is 5.92. The summed E-state index contributed by atoms with van der Waals surface area (Å²) in [5, 5.41) is 13.8. The van der Waals surface area contributed by atoms with Gasteiger partial charge in [-0.3, -0.25) is 14.6 Å². The first-order chi connectivity index (χ1) is 15.1. The van der Waals surface area contributed by atoms with Crippen molar-refractivity contribution in [3.05, 3.63) is 83.0 Å². The van der Waals surface area contributed by atoms with Gasteiger partial charge in [0.25, 0.3) is 5.91 Å². The molecule has 162 valence electrons. The number of carbonyl (C=O) groups excluding carboxylic acids is 1. The minimum absolute atomic E-state index is 0.245. The summed E-state index contributed by atoms with van der Waals surface area (Å²) in [4.78, 5) is 21.2. The molecular formula is C23H25ClN4O3. The number of oxazole rings is 1. The molecule has 1 unspecified atom stereocenters. The lowest BCUT2D eigenvalue weighted by atomic mass is 10.1. The zero-order valence-electron chi connectivity index (χ0n) is 17.1. The number of β-amino-alcohol motifs (C(OH)–C–C–N with tert-alkyl or cyclic N) is 1. The van der Waals surface area contributed by atoms with E-state index in [2.05, 4.69) is 20.1 Å². The number of hydrogen-bond acceptors (Lipinski definition) is 6. The number of aliphatic hydroxyl groups is 1. The van der Waals surface area contributed by atoms with Crippen molar-refractivity contribution < 1.29 is 14.3 Å². The molecule has 2 heterocycles. The number of amides is 1. The molecule has 2 aromatic carbocycles. The highest BCUT2D eigenvalue weighted by atomic mass is 35.5. The lowest BCUT2D eigenvalue weighted by Crippen LogP contribution is -2.47. The van der Waals surface area contributed by atoms with Crippen LogP contribution in [0.5, 0.6) is 0 Å². The van der Waals surface area contributed by atoms with E-state index in [9.17, 15) is 9.90 Å². The Bertz CT molecular complexity index is 986. The van der Waals surface area contributed by atoms with Crippen molar-refractivity contribution in [1.82, 2.24) is 14.8 Å². The van der Waals surface area contributed by atoms with E-state index < -0.39 is 6.10 Å². The van der Waals surface area contributed by atoms with Gasteiger partial charge in [0.05, 0.1) is 12.6 Å². The van der Waals surface area contributed by atoms with Crippen LogP contribution in [0, 0.1) is 0 Å². The predicted molar refractivity (Wildman–Crippen MR) is 119 cm³/mol. The Morgan fingerprint density at radius 1 is 1.06 bits per heavy atom. The van der Waals surface area contributed by atoms with E-state index in [0.717, 1.165) is 31.7 Å². The second-order valence-electron chi connectivity index (χ2n) is 7.59. The van der Waals surface area contributed by atoms with Crippen LogP contribution in [0.4, 0.5) is 5.69 Å². The van der Waals surface area contributed by atoms with Crippen molar-refractivity contribution >= 4 is 23.2 Å². The molecule has 0 bridgehead atoms. The van der Waals surface area contributed by atoms with Gasteiger partial charge in [-0.25, -0.2) is 4.98 Å². The standard InChI is InChI=1S/C23H25ClN4O3/c24-18-6-8-19(9-7-18)25-23(30)20-16-31-22(26-20)15-28-12-10-27(11-13-28)14-21(29)17-4-2-1-3-5-17/h1-9,16,21,29H,10-15H2,(H,25,30). The molecule has 4 rings (SSSR count). The summed E-state index contributed by atoms with van der Waals surface area (Å²) in [7, 11) is 0. The van der Waals surface area contributed by atoms with E-state index in [1.54, 1.807) is 24.3 Å². The molecule has 1 aliphatic rings. The predicted octanol–water partition coefficient (Wildman–Crippen LogP) is 3.43. The van der Waals surface area contributed by atoms with Crippen molar-refractivity contribution in [2.75, 3.05) is 38.0 Å². The first-order valence-corrected chi connectivity index (χ1v) is 10.6. The highest BCUT2D eigenvalue weighted by Crippen LogP contribution is 2.17. The molecule has 8 heteroatoms. The molecule has 1 atom stereocenters. The molecule has 1 aliphatic heterocycles. The SMILES string of the molecule is O=C(Nc1ccc(Cl)cc1)c1coc(CN2CCN(CC(O)c3ccccc3)CC2)n1. The summed E-state index contributed by atoms with van der Waals surface area (Å²) < 4.78 is 5.51. The Balaban J connectivity index is 1.24. The monoisotopic (exact) mass is 440 g/mol. The number of halogens is 1. The van der Waals surface area contributed by atoms with Crippen LogP contribution in [0.25, 0.3) is 0 Å². The largest absolute Gasteiger partial charge is 0.447 e. The number of rotatable bonds is 7. The molecule has 0 spiro atoms. The van der Waals surface area contributed by atoms with Crippen LogP contribution in [0.2, 0.25) is 5.02 Å². The summed E-state index contributed by atoms with van der Waals surface area (Å²) in [5.74, 6) is 0.191. The molecule has 0 radical (unpaired) electrons. The van der Waals surface area contributed by atoms with E-state index in [1.165, 1.54) is 6.26 Å². The molecule has 3 aromatic rings. The zero-order valence-corrected chi connectivity index (χ0v) is 17.8. The number of anilines is 1. The fraction of sp³-hybridized carbons (Fsp3) is 0.304. The van der Waals surface area contributed by atoms with E-state index in [1.807, 2.05) is 30.3 Å². The van der Waals surface area contributed by atoms with Crippen LogP contribution in [0.1, 0.15) is 28.0 Å². The maximum Gasteiger partial charge on any atom is 0.277 e. The van der Waals surface area contributed by atoms with Crippen LogP contribution in [0.3, 0.4) is 0 Å². The minimum Gasteiger partial charge on any atom is -0.447 e. The second-order valence-corrected chi connectivity index (χ2v) is 8.03. The van der Waals surface area contributed by atoms with Crippen molar-refractivity contribution in [2.45, 2.75) is 12.6 Å². The van der Waals surface area contributed by atoms with Gasteiger partial charge in [-0.1, -0.05) is 41.9 Å². The number of hydrogen-bond donors (Lipinski definition) is 2. The maximum absolute atomic E-state index is 12.4. The number of nitrogens with one attached hydrogen (secondary N) is 1. The molecule has 7 nitrogen and oxygen atoms in total. The van der Waals surface area contributed by atoms with Crippen LogP contribution in [0.15, 0.2) is 65.3 Å². The number of aliphatic hydroxyl groups excluding tert-OH is 1. The van der Waals surface area contributed by atoms with Crippen LogP contribution in [-0.2, 0) is 6.54 Å². The third-order valence-corrected chi connectivity index (χ3v) is 5.58. The van der Waals surface area contributed by atoms with Gasteiger partial charge in [-0.2, -0.15) is 0 Å². The third-order valence-electron chi connectivity index (χ3n) is 5.33. The summed E-state index contributed by atoms with van der Waals surface area (Å²) in [6.45, 7) is 4.56. The smallest absolute Gasteiger partial charge is 0.277 e. The van der Waals surface area contributed by atoms with Gasteiger partial charge in [0.2, 0.25) is 5.89 Å². The molecule has 0 saturated carbocycles. The van der Waals surface area contributed by atoms with Crippen molar-refractivity contribution in [1.29, 1.82) is 0 Å². The summed E-state index contributed by atoms with van der Waals surface area (Å²) in [5.41, 5.74) is 1.83. The second kappa shape index (κ2) is 10.1. The number of aromatic nitrogens is 1. The highest BCUT2D eigenvalue weighted by molar-refractivity contribution is 6.30. The molecular weight excluding hydrogens is 416 g/mol. The molecule has 31 heavy (non-hydrogen) atoms. The van der Waals surface area contributed by atoms with Gasteiger partial charge in [0.1, 0.15) is 6.26 Å². The Hall–Kier alpha value is -2.71. The Labute approximate surface area is 186 Å². The topological polar surface area (TPSA) is 81.8 Å². The van der Waals surface area contributed by atoms with Gasteiger partial charge < -0.3 is 14.8 Å². The average molecular weight is 441 g/mol. The molecule has 0 aliphatic carbocycles. The van der Waals surface area contributed by atoms with E-state index in [0.29, 0.717) is 29.7 Å². The normalized spacial score (nSPS) is 16.2. The van der Waals surface area contributed by atoms with Crippen LogP contribution >= 0.6 is 11.6 Å². The molecule has 1 saturated heterocycles. The van der Waals surface area contributed by atoms with E-state index >= 15 is 0 Å². The number of carbonyl (C=O) groups is 1.